The molecule has 0 aromatic carbocycles. The first-order valence-corrected chi connectivity index (χ1v) is 1.92. The second-order valence-electron chi connectivity index (χ2n) is 0.213. The fourth-order valence-electron chi connectivity index (χ4n) is 0. The summed E-state index contributed by atoms with van der Waals surface area (Å²) in [5, 5.41) is 10.0. The zero-order valence-electron chi connectivity index (χ0n) is 1.85. The predicted octanol–water partition coefficient (Wildman–Crippen LogP) is 0.839. The fraction of sp³-hybridized carbons (Fsp3) is 0. The molecule has 0 atom stereocenters. The van der Waals surface area contributed by atoms with Crippen LogP contribution >= 0.6 is 22.6 Å². The van der Waals surface area contributed by atoms with Gasteiger partial charge in [-0.1, -0.05) is 5.16 Å². The molecule has 24 valence electrons. The summed E-state index contributed by atoms with van der Waals surface area (Å²) in [7, 11) is 0. The van der Waals surface area contributed by atoms with Gasteiger partial charge in [0, 0.05) is 0 Å². The summed E-state index contributed by atoms with van der Waals surface area (Å²) in [6.45, 7) is 0. The molecule has 0 unspecified atom stereocenters. The smallest absolute Gasteiger partial charge is 0.104 e. The first-order valence-electron chi connectivity index (χ1n) is 0.676. The molecule has 1 N–H and O–H groups in total. The van der Waals surface area contributed by atoms with Crippen LogP contribution in [0.25, 0.3) is 0 Å². The van der Waals surface area contributed by atoms with Gasteiger partial charge in [0.1, 0.15) is 4.22 Å². The van der Waals surface area contributed by atoms with Gasteiger partial charge in [-0.25, -0.2) is 0 Å². The van der Waals surface area contributed by atoms with Gasteiger partial charge in [-0.3, -0.25) is 0 Å². The van der Waals surface area contributed by atoms with Crippen LogP contribution in [0.3, 0.4) is 0 Å². The van der Waals surface area contributed by atoms with Gasteiger partial charge in [0.05, 0.1) is 0 Å². The molecule has 0 aromatic heterocycles. The van der Waals surface area contributed by atoms with Crippen molar-refractivity contribution in [1.82, 2.24) is 0 Å². The maximum atomic E-state index is 7.44. The zero-order chi connectivity index (χ0) is 3.41. The summed E-state index contributed by atoms with van der Waals surface area (Å²) in [6, 6.07) is 0. The molecule has 0 bridgehead atoms. The van der Waals surface area contributed by atoms with Gasteiger partial charge in [-0.15, -0.1) is 0 Å². The van der Waals surface area contributed by atoms with E-state index in [9.17, 15) is 0 Å². The maximum Gasteiger partial charge on any atom is 0.104 e. The molecule has 4 heavy (non-hydrogen) atoms. The van der Waals surface area contributed by atoms with Gasteiger partial charge >= 0.3 is 0 Å². The van der Waals surface area contributed by atoms with Crippen LogP contribution < -0.4 is 0 Å². The highest BCUT2D eigenvalue weighted by molar-refractivity contribution is 14.1. The molecule has 0 fully saturated rings. The maximum absolute atomic E-state index is 7.44. The Morgan fingerprint density at radius 1 is 2.00 bits per heavy atom. The van der Waals surface area contributed by atoms with Crippen molar-refractivity contribution in [2.24, 2.45) is 5.16 Å². The van der Waals surface area contributed by atoms with E-state index >= 15 is 0 Å². The van der Waals surface area contributed by atoms with Gasteiger partial charge in [0.2, 0.25) is 0 Å². The second-order valence-corrected chi connectivity index (χ2v) is 0.770. The van der Waals surface area contributed by atoms with Gasteiger partial charge < -0.3 is 5.21 Å². The van der Waals surface area contributed by atoms with Crippen LogP contribution in [0.2, 0.25) is 0 Å². The Kier molecular flexibility index (Phi) is 3.36. The topological polar surface area (TPSA) is 32.6 Å². The summed E-state index contributed by atoms with van der Waals surface area (Å²) in [6.07, 6.45) is 0. The molecule has 0 aliphatic rings. The lowest BCUT2D eigenvalue weighted by molar-refractivity contribution is 0.323. The average Bonchev–Trinajstić information content (AvgIpc) is 1.37. The normalized spacial score (nSPS) is 9.25. The Morgan fingerprint density at radius 3 is 2.25 bits per heavy atom. The van der Waals surface area contributed by atoms with Crippen LogP contribution in [-0.2, 0) is 0 Å². The van der Waals surface area contributed by atoms with E-state index < -0.39 is 0 Å². The van der Waals surface area contributed by atoms with E-state index in [1.54, 1.807) is 0 Å². The standard InChI is InChI=1S/CH2INO/c2-1-3-4/h1,4H. The third kappa shape index (κ3) is 2.20. The van der Waals surface area contributed by atoms with Crippen molar-refractivity contribution < 1.29 is 5.21 Å². The summed E-state index contributed by atoms with van der Waals surface area (Å²) in [4.78, 5) is 0. The highest BCUT2D eigenvalue weighted by Gasteiger charge is 1.37. The van der Waals surface area contributed by atoms with E-state index in [0.29, 0.717) is 0 Å². The molecule has 2 nitrogen and oxygen atoms in total. The molecule has 0 heterocycles. The fourth-order valence-corrected chi connectivity index (χ4v) is 0. The Balaban J connectivity index is 2.55. The molecule has 3 heteroatoms. The minimum absolute atomic E-state index is 1.28. The summed E-state index contributed by atoms with van der Waals surface area (Å²) < 4.78 is 1.28. The molecular formula is CH2INO. The van der Waals surface area contributed by atoms with Crippen LogP contribution in [0.5, 0.6) is 0 Å². The third-order valence-corrected chi connectivity index (χ3v) is 0.293. The number of oxime groups is 1. The Bertz CT molecular complexity index is 23.2. The molecule has 0 amide bonds. The number of hydrogen-bond acceptors (Lipinski definition) is 2. The minimum Gasteiger partial charge on any atom is -0.410 e. The van der Waals surface area contributed by atoms with Crippen LogP contribution in [-0.4, -0.2) is 9.43 Å². The van der Waals surface area contributed by atoms with Crippen molar-refractivity contribution in [1.29, 1.82) is 0 Å². The van der Waals surface area contributed by atoms with E-state index in [4.69, 9.17) is 5.21 Å². The summed E-state index contributed by atoms with van der Waals surface area (Å²) in [5.74, 6) is 0. The molecule has 0 rings (SSSR count). The SMILES string of the molecule is ON=CI. The van der Waals surface area contributed by atoms with E-state index in [-0.39, 0.29) is 0 Å². The first-order chi connectivity index (χ1) is 1.91. The van der Waals surface area contributed by atoms with Crippen LogP contribution in [0.1, 0.15) is 0 Å². The molecule has 0 spiro atoms. The van der Waals surface area contributed by atoms with Crippen molar-refractivity contribution in [2.75, 3.05) is 0 Å². The van der Waals surface area contributed by atoms with E-state index in [1.807, 2.05) is 22.6 Å². The highest BCUT2D eigenvalue weighted by Crippen LogP contribution is 1.62. The molecular weight excluding hydrogens is 169 g/mol. The van der Waals surface area contributed by atoms with E-state index in [0.717, 1.165) is 0 Å². The van der Waals surface area contributed by atoms with Gasteiger partial charge in [-0.2, -0.15) is 0 Å². The van der Waals surface area contributed by atoms with Gasteiger partial charge in [-0.05, 0) is 22.6 Å². The molecule has 0 aromatic rings. The molecule has 0 radical (unpaired) electrons. The van der Waals surface area contributed by atoms with E-state index in [2.05, 4.69) is 5.16 Å². The van der Waals surface area contributed by atoms with Crippen molar-refractivity contribution in [3.8, 4) is 0 Å². The summed E-state index contributed by atoms with van der Waals surface area (Å²) >= 11 is 1.81. The first kappa shape index (κ1) is 4.20. The van der Waals surface area contributed by atoms with Crippen LogP contribution in [0, 0.1) is 0 Å². The number of nitrogens with zero attached hydrogens (tertiary/aromatic N) is 1. The lowest BCUT2D eigenvalue weighted by atomic mass is 11.8. The van der Waals surface area contributed by atoms with Gasteiger partial charge in [0.15, 0.2) is 0 Å². The molecule has 0 saturated carbocycles. The average molecular weight is 171 g/mol. The van der Waals surface area contributed by atoms with Crippen LogP contribution in [0.4, 0.5) is 0 Å². The number of halogens is 1. The van der Waals surface area contributed by atoms with E-state index in [1.165, 1.54) is 4.22 Å². The third-order valence-electron chi connectivity index (χ3n) is 0.0436. The largest absolute Gasteiger partial charge is 0.410 e. The Morgan fingerprint density at radius 2 is 2.25 bits per heavy atom. The molecule has 0 aliphatic carbocycles. The zero-order valence-corrected chi connectivity index (χ0v) is 4.01. The van der Waals surface area contributed by atoms with Crippen LogP contribution in [0.15, 0.2) is 5.16 Å². The quantitative estimate of drug-likeness (QED) is 0.249. The van der Waals surface area contributed by atoms with Gasteiger partial charge in [0.25, 0.3) is 0 Å². The van der Waals surface area contributed by atoms with Crippen molar-refractivity contribution in [3.05, 3.63) is 0 Å². The molecule has 0 aliphatic heterocycles. The predicted molar refractivity (Wildman–Crippen MR) is 24.3 cm³/mol. The lowest BCUT2D eigenvalue weighted by Crippen LogP contribution is -1.42. The second kappa shape index (κ2) is 3.20. The highest BCUT2D eigenvalue weighted by atomic mass is 127. The summed E-state index contributed by atoms with van der Waals surface area (Å²) in [5.41, 5.74) is 0. The monoisotopic (exact) mass is 171 g/mol. The minimum atomic E-state index is 1.28. The lowest BCUT2D eigenvalue weighted by Gasteiger charge is -1.52. The number of hydrogen-bond donors (Lipinski definition) is 1. The van der Waals surface area contributed by atoms with Crippen molar-refractivity contribution in [3.63, 3.8) is 0 Å². The number of rotatable bonds is 0. The Labute approximate surface area is 37.6 Å². The molecule has 0 saturated heterocycles. The van der Waals surface area contributed by atoms with Crippen molar-refractivity contribution in [2.45, 2.75) is 0 Å². The Hall–Kier alpha value is 0.200. The van der Waals surface area contributed by atoms with Crippen molar-refractivity contribution >= 4 is 26.8 Å².